The molecule has 0 bridgehead atoms. The van der Waals surface area contributed by atoms with Crippen LogP contribution in [0.4, 0.5) is 23.1 Å². The third-order valence-electron chi connectivity index (χ3n) is 3.93. The lowest BCUT2D eigenvalue weighted by Gasteiger charge is -2.15. The van der Waals surface area contributed by atoms with Gasteiger partial charge in [-0.15, -0.1) is 0 Å². The first-order chi connectivity index (χ1) is 12.5. The minimum absolute atomic E-state index is 0.102. The van der Waals surface area contributed by atoms with Gasteiger partial charge >= 0.3 is 0 Å². The number of benzene rings is 2. The highest BCUT2D eigenvalue weighted by Gasteiger charge is 2.07. The third-order valence-corrected chi connectivity index (χ3v) is 3.93. The summed E-state index contributed by atoms with van der Waals surface area (Å²) in [4.78, 5) is 8.85. The Labute approximate surface area is 154 Å². The maximum Gasteiger partial charge on any atom is 0.229 e. The van der Waals surface area contributed by atoms with E-state index in [-0.39, 0.29) is 6.10 Å². The van der Waals surface area contributed by atoms with Gasteiger partial charge in [-0.25, -0.2) is 4.98 Å². The van der Waals surface area contributed by atoms with Crippen LogP contribution in [0.5, 0.6) is 5.75 Å². The number of aryl methyl sites for hydroxylation is 2. The number of aromatic nitrogens is 2. The van der Waals surface area contributed by atoms with E-state index in [1.54, 1.807) is 6.20 Å². The van der Waals surface area contributed by atoms with Crippen molar-refractivity contribution in [1.82, 2.24) is 9.97 Å². The molecule has 2 N–H and O–H groups in total. The van der Waals surface area contributed by atoms with Crippen molar-refractivity contribution in [2.24, 2.45) is 0 Å². The Morgan fingerprint density at radius 3 is 2.50 bits per heavy atom. The number of rotatable bonds is 6. The molecule has 134 valence electrons. The topological polar surface area (TPSA) is 59.1 Å². The molecule has 0 saturated heterocycles. The van der Waals surface area contributed by atoms with Crippen molar-refractivity contribution in [2.45, 2.75) is 33.8 Å². The van der Waals surface area contributed by atoms with Gasteiger partial charge < -0.3 is 15.4 Å². The van der Waals surface area contributed by atoms with Gasteiger partial charge in [-0.3, -0.25) is 0 Å². The van der Waals surface area contributed by atoms with Gasteiger partial charge in [0.2, 0.25) is 5.95 Å². The predicted octanol–water partition coefficient (Wildman–Crippen LogP) is 5.37. The van der Waals surface area contributed by atoms with Gasteiger partial charge in [0.05, 0.1) is 11.8 Å². The molecule has 3 aromatic rings. The maximum atomic E-state index is 5.85. The Hall–Kier alpha value is -3.08. The van der Waals surface area contributed by atoms with E-state index in [0.717, 1.165) is 17.1 Å². The van der Waals surface area contributed by atoms with E-state index >= 15 is 0 Å². The normalized spacial score (nSPS) is 10.7. The molecule has 0 radical (unpaired) electrons. The second-order valence-corrected chi connectivity index (χ2v) is 6.48. The van der Waals surface area contributed by atoms with E-state index < -0.39 is 0 Å². The van der Waals surface area contributed by atoms with Crippen molar-refractivity contribution < 1.29 is 4.74 Å². The summed E-state index contributed by atoms with van der Waals surface area (Å²) in [6.07, 6.45) is 1.83. The quantitative estimate of drug-likeness (QED) is 0.627. The van der Waals surface area contributed by atoms with Crippen LogP contribution in [-0.4, -0.2) is 16.1 Å². The molecule has 26 heavy (non-hydrogen) atoms. The van der Waals surface area contributed by atoms with Crippen molar-refractivity contribution in [3.05, 3.63) is 65.9 Å². The fourth-order valence-electron chi connectivity index (χ4n) is 2.50. The molecule has 1 heterocycles. The van der Waals surface area contributed by atoms with Gasteiger partial charge in [-0.05, 0) is 69.2 Å². The van der Waals surface area contributed by atoms with Gasteiger partial charge in [0.1, 0.15) is 11.6 Å². The molecule has 2 aromatic carbocycles. The summed E-state index contributed by atoms with van der Waals surface area (Å²) >= 11 is 0. The standard InChI is InChI=1S/C21H24N4O/c1-14(2)26-19-8-6-5-7-18(19)24-20-11-12-22-21(25-20)23-17-10-9-15(3)16(4)13-17/h5-14H,1-4H3,(H2,22,23,24,25). The highest BCUT2D eigenvalue weighted by atomic mass is 16.5. The summed E-state index contributed by atoms with van der Waals surface area (Å²) in [5.41, 5.74) is 4.32. The highest BCUT2D eigenvalue weighted by Crippen LogP contribution is 2.28. The van der Waals surface area contributed by atoms with Crippen molar-refractivity contribution in [2.75, 3.05) is 10.6 Å². The first-order valence-corrected chi connectivity index (χ1v) is 8.71. The molecule has 0 amide bonds. The molecular weight excluding hydrogens is 324 g/mol. The Kier molecular flexibility index (Phi) is 5.37. The van der Waals surface area contributed by atoms with E-state index in [4.69, 9.17) is 4.74 Å². The van der Waals surface area contributed by atoms with Crippen molar-refractivity contribution in [1.29, 1.82) is 0 Å². The smallest absolute Gasteiger partial charge is 0.229 e. The van der Waals surface area contributed by atoms with Gasteiger partial charge in [0.25, 0.3) is 0 Å². The monoisotopic (exact) mass is 348 g/mol. The van der Waals surface area contributed by atoms with Gasteiger partial charge in [0.15, 0.2) is 0 Å². The molecule has 5 nitrogen and oxygen atoms in total. The van der Waals surface area contributed by atoms with Crippen molar-refractivity contribution in [3.8, 4) is 5.75 Å². The Morgan fingerprint density at radius 2 is 1.73 bits per heavy atom. The van der Waals surface area contributed by atoms with Gasteiger partial charge in [-0.1, -0.05) is 18.2 Å². The number of para-hydroxylation sites is 2. The fourth-order valence-corrected chi connectivity index (χ4v) is 2.50. The zero-order chi connectivity index (χ0) is 18.5. The summed E-state index contributed by atoms with van der Waals surface area (Å²) in [6, 6.07) is 15.9. The Balaban J connectivity index is 1.78. The summed E-state index contributed by atoms with van der Waals surface area (Å²) in [6.45, 7) is 8.20. The fraction of sp³-hybridized carbons (Fsp3) is 0.238. The van der Waals surface area contributed by atoms with E-state index in [9.17, 15) is 0 Å². The SMILES string of the molecule is Cc1ccc(Nc2nccc(Nc3ccccc3OC(C)C)n2)cc1C. The molecule has 5 heteroatoms. The van der Waals surface area contributed by atoms with E-state index in [0.29, 0.717) is 11.8 Å². The van der Waals surface area contributed by atoms with E-state index in [1.165, 1.54) is 11.1 Å². The van der Waals surface area contributed by atoms with Crippen LogP contribution in [0, 0.1) is 13.8 Å². The van der Waals surface area contributed by atoms with Crippen LogP contribution in [0.15, 0.2) is 54.7 Å². The zero-order valence-corrected chi connectivity index (χ0v) is 15.6. The molecule has 0 aliphatic heterocycles. The number of ether oxygens (including phenoxy) is 1. The summed E-state index contributed by atoms with van der Waals surface area (Å²) in [5, 5.41) is 6.56. The van der Waals surface area contributed by atoms with Crippen LogP contribution in [0.25, 0.3) is 0 Å². The minimum atomic E-state index is 0.102. The van der Waals surface area contributed by atoms with E-state index in [1.807, 2.05) is 50.2 Å². The molecular formula is C21H24N4O. The molecule has 0 spiro atoms. The number of nitrogens with one attached hydrogen (secondary N) is 2. The number of hydrogen-bond acceptors (Lipinski definition) is 5. The van der Waals surface area contributed by atoms with Crippen LogP contribution in [-0.2, 0) is 0 Å². The molecule has 0 fully saturated rings. The van der Waals surface area contributed by atoms with Gasteiger partial charge in [-0.2, -0.15) is 4.98 Å². The van der Waals surface area contributed by atoms with Crippen LogP contribution in [0.3, 0.4) is 0 Å². The average molecular weight is 348 g/mol. The predicted molar refractivity (Wildman–Crippen MR) is 107 cm³/mol. The molecule has 1 aromatic heterocycles. The molecule has 0 aliphatic rings. The maximum absolute atomic E-state index is 5.85. The van der Waals surface area contributed by atoms with Crippen LogP contribution in [0.1, 0.15) is 25.0 Å². The zero-order valence-electron chi connectivity index (χ0n) is 15.6. The van der Waals surface area contributed by atoms with Crippen LogP contribution in [0.2, 0.25) is 0 Å². The lowest BCUT2D eigenvalue weighted by Crippen LogP contribution is -2.07. The average Bonchev–Trinajstić information content (AvgIpc) is 2.60. The number of nitrogens with zero attached hydrogens (tertiary/aromatic N) is 2. The molecule has 3 rings (SSSR count). The van der Waals surface area contributed by atoms with Gasteiger partial charge in [0, 0.05) is 11.9 Å². The van der Waals surface area contributed by atoms with Crippen molar-refractivity contribution >= 4 is 23.1 Å². The minimum Gasteiger partial charge on any atom is -0.489 e. The highest BCUT2D eigenvalue weighted by molar-refractivity contribution is 5.65. The number of hydrogen-bond donors (Lipinski definition) is 2. The summed E-state index contributed by atoms with van der Waals surface area (Å²) in [7, 11) is 0. The largest absolute Gasteiger partial charge is 0.489 e. The van der Waals surface area contributed by atoms with Crippen LogP contribution >= 0.6 is 0 Å². The lowest BCUT2D eigenvalue weighted by molar-refractivity contribution is 0.244. The summed E-state index contributed by atoms with van der Waals surface area (Å²) in [5.74, 6) is 2.04. The lowest BCUT2D eigenvalue weighted by atomic mass is 10.1. The second-order valence-electron chi connectivity index (χ2n) is 6.48. The van der Waals surface area contributed by atoms with Crippen LogP contribution < -0.4 is 15.4 Å². The number of anilines is 4. The molecule has 0 aliphatic carbocycles. The first-order valence-electron chi connectivity index (χ1n) is 8.71. The second kappa shape index (κ2) is 7.87. The Morgan fingerprint density at radius 1 is 0.923 bits per heavy atom. The molecule has 0 saturated carbocycles. The molecule has 0 unspecified atom stereocenters. The van der Waals surface area contributed by atoms with E-state index in [2.05, 4.69) is 46.6 Å². The molecule has 0 atom stereocenters. The first kappa shape index (κ1) is 17.7. The third kappa shape index (κ3) is 4.51. The van der Waals surface area contributed by atoms with Crippen molar-refractivity contribution in [3.63, 3.8) is 0 Å². The Bertz CT molecular complexity index is 893. The summed E-state index contributed by atoms with van der Waals surface area (Å²) < 4.78 is 5.85.